The minimum atomic E-state index is -0.283. The molecule has 8 nitrogen and oxygen atoms in total. The zero-order valence-electron chi connectivity index (χ0n) is 18.3. The smallest absolute Gasteiger partial charge is 0.233 e. The molecule has 9 heteroatoms. The van der Waals surface area contributed by atoms with Crippen molar-refractivity contribution < 1.29 is 9.59 Å². The van der Waals surface area contributed by atoms with Gasteiger partial charge in [-0.3, -0.25) is 9.59 Å². The average Bonchev–Trinajstić information content (AvgIpc) is 3.29. The molecule has 3 heterocycles. The highest BCUT2D eigenvalue weighted by Crippen LogP contribution is 2.27. The number of likely N-dealkylation sites (tertiary alicyclic amines) is 1. The van der Waals surface area contributed by atoms with Crippen LogP contribution in [0.1, 0.15) is 18.4 Å². The number of piperidine rings is 1. The molecule has 0 radical (unpaired) electrons. The summed E-state index contributed by atoms with van der Waals surface area (Å²) >= 11 is 1.35. The predicted octanol–water partition coefficient (Wildman–Crippen LogP) is 3.07. The summed E-state index contributed by atoms with van der Waals surface area (Å²) < 4.78 is 1.73. The summed E-state index contributed by atoms with van der Waals surface area (Å²) in [5.74, 6) is 0.454. The van der Waals surface area contributed by atoms with Crippen LogP contribution in [-0.4, -0.2) is 55.1 Å². The quantitative estimate of drug-likeness (QED) is 0.362. The molecule has 0 spiro atoms. The van der Waals surface area contributed by atoms with Gasteiger partial charge in [-0.1, -0.05) is 53.7 Å². The van der Waals surface area contributed by atoms with Crippen LogP contribution in [0.25, 0.3) is 27.9 Å². The molecule has 0 bridgehead atoms. The number of amides is 2. The van der Waals surface area contributed by atoms with Crippen molar-refractivity contribution in [2.75, 3.05) is 18.8 Å². The van der Waals surface area contributed by atoms with Crippen LogP contribution in [0.15, 0.2) is 53.7 Å². The summed E-state index contributed by atoms with van der Waals surface area (Å²) in [6.45, 7) is 3.14. The standard InChI is InChI=1S/C24H24N6O2S/c1-15-6-8-17(9-7-15)22-27-23-18-4-2-3-5-19(18)26-24(30(23)28-22)33-14-20(31)29-12-10-16(11-13-29)21(25)32/h2-9,16H,10-14H2,1H3,(H2,25,32). The summed E-state index contributed by atoms with van der Waals surface area (Å²) in [5.41, 5.74) is 9.03. The number of rotatable bonds is 5. The average molecular weight is 461 g/mol. The number of aromatic nitrogens is 4. The van der Waals surface area contributed by atoms with Crippen molar-refractivity contribution >= 4 is 40.1 Å². The van der Waals surface area contributed by atoms with Gasteiger partial charge in [0.25, 0.3) is 0 Å². The van der Waals surface area contributed by atoms with E-state index < -0.39 is 0 Å². The lowest BCUT2D eigenvalue weighted by atomic mass is 9.96. The van der Waals surface area contributed by atoms with E-state index in [1.807, 2.05) is 55.5 Å². The fraction of sp³-hybridized carbons (Fsp3) is 0.292. The first-order chi connectivity index (χ1) is 16.0. The highest BCUT2D eigenvalue weighted by Gasteiger charge is 2.26. The van der Waals surface area contributed by atoms with Gasteiger partial charge < -0.3 is 10.6 Å². The Hall–Kier alpha value is -3.46. The Balaban J connectivity index is 1.43. The maximum absolute atomic E-state index is 12.8. The fourth-order valence-corrected chi connectivity index (χ4v) is 4.93. The van der Waals surface area contributed by atoms with E-state index in [1.54, 1.807) is 9.42 Å². The van der Waals surface area contributed by atoms with Crippen molar-refractivity contribution in [1.82, 2.24) is 24.5 Å². The van der Waals surface area contributed by atoms with E-state index in [-0.39, 0.29) is 23.5 Å². The van der Waals surface area contributed by atoms with Crippen molar-refractivity contribution in [3.05, 3.63) is 54.1 Å². The number of hydrogen-bond acceptors (Lipinski definition) is 6. The van der Waals surface area contributed by atoms with Gasteiger partial charge in [0.15, 0.2) is 16.6 Å². The van der Waals surface area contributed by atoms with Crippen molar-refractivity contribution in [1.29, 1.82) is 0 Å². The Morgan fingerprint density at radius 3 is 2.52 bits per heavy atom. The molecule has 168 valence electrons. The second kappa shape index (κ2) is 8.82. The highest BCUT2D eigenvalue weighted by molar-refractivity contribution is 7.99. The minimum Gasteiger partial charge on any atom is -0.369 e. The van der Waals surface area contributed by atoms with Gasteiger partial charge in [-0.05, 0) is 31.9 Å². The molecule has 33 heavy (non-hydrogen) atoms. The van der Waals surface area contributed by atoms with Crippen LogP contribution in [-0.2, 0) is 9.59 Å². The van der Waals surface area contributed by atoms with Gasteiger partial charge in [0.2, 0.25) is 11.8 Å². The Labute approximate surface area is 195 Å². The van der Waals surface area contributed by atoms with Crippen LogP contribution >= 0.6 is 11.8 Å². The van der Waals surface area contributed by atoms with Crippen LogP contribution in [0.5, 0.6) is 0 Å². The molecule has 1 aliphatic heterocycles. The molecule has 2 aromatic carbocycles. The number of thioether (sulfide) groups is 1. The lowest BCUT2D eigenvalue weighted by Gasteiger charge is -2.30. The largest absolute Gasteiger partial charge is 0.369 e. The maximum Gasteiger partial charge on any atom is 0.233 e. The lowest BCUT2D eigenvalue weighted by Crippen LogP contribution is -2.42. The molecule has 2 amide bonds. The lowest BCUT2D eigenvalue weighted by molar-refractivity contribution is -0.132. The Bertz CT molecular complexity index is 1340. The van der Waals surface area contributed by atoms with E-state index in [2.05, 4.69) is 0 Å². The van der Waals surface area contributed by atoms with E-state index in [0.717, 1.165) is 16.5 Å². The van der Waals surface area contributed by atoms with Crippen LogP contribution in [0, 0.1) is 12.8 Å². The third-order valence-electron chi connectivity index (χ3n) is 6.03. The molecule has 4 aromatic rings. The summed E-state index contributed by atoms with van der Waals surface area (Å²) in [4.78, 5) is 35.6. The van der Waals surface area contributed by atoms with E-state index in [4.69, 9.17) is 20.8 Å². The topological polar surface area (TPSA) is 106 Å². The molecule has 1 aliphatic rings. The van der Waals surface area contributed by atoms with E-state index in [0.29, 0.717) is 42.6 Å². The van der Waals surface area contributed by atoms with Crippen molar-refractivity contribution in [3.8, 4) is 11.4 Å². The number of primary amides is 1. The summed E-state index contributed by atoms with van der Waals surface area (Å²) in [6, 6.07) is 15.9. The number of fused-ring (bicyclic) bond motifs is 3. The van der Waals surface area contributed by atoms with Crippen LogP contribution < -0.4 is 5.73 Å². The number of carbonyl (C=O) groups is 2. The molecule has 0 atom stereocenters. The molecule has 0 saturated carbocycles. The monoisotopic (exact) mass is 460 g/mol. The molecule has 1 fully saturated rings. The van der Waals surface area contributed by atoms with Gasteiger partial charge in [-0.25, -0.2) is 9.97 Å². The Morgan fingerprint density at radius 2 is 1.79 bits per heavy atom. The van der Waals surface area contributed by atoms with Crippen LogP contribution in [0.3, 0.4) is 0 Å². The number of benzene rings is 2. The zero-order chi connectivity index (χ0) is 22.9. The SMILES string of the molecule is Cc1ccc(-c2nc3c4ccccc4nc(SCC(=O)N4CCC(C(N)=O)CC4)n3n2)cc1. The molecule has 0 unspecified atom stereocenters. The number of nitrogens with two attached hydrogens (primary N) is 1. The maximum atomic E-state index is 12.8. The second-order valence-corrected chi connectivity index (χ2v) is 9.24. The minimum absolute atomic E-state index is 0.0184. The van der Waals surface area contributed by atoms with Gasteiger partial charge in [0, 0.05) is 30.0 Å². The molecule has 2 aromatic heterocycles. The normalized spacial score (nSPS) is 14.8. The van der Waals surface area contributed by atoms with Gasteiger partial charge in [-0.15, -0.1) is 5.10 Å². The first-order valence-corrected chi connectivity index (χ1v) is 11.9. The second-order valence-electron chi connectivity index (χ2n) is 8.29. The number of carbonyl (C=O) groups excluding carboxylic acids is 2. The third kappa shape index (κ3) is 4.28. The molecular weight excluding hydrogens is 436 g/mol. The first kappa shape index (κ1) is 21.4. The molecular formula is C24H24N6O2S. The van der Waals surface area contributed by atoms with Gasteiger partial charge in [0.1, 0.15) is 0 Å². The van der Waals surface area contributed by atoms with Crippen molar-refractivity contribution in [2.45, 2.75) is 24.9 Å². The number of aryl methyl sites for hydroxylation is 1. The van der Waals surface area contributed by atoms with E-state index >= 15 is 0 Å². The number of hydrogen-bond donors (Lipinski definition) is 1. The van der Waals surface area contributed by atoms with E-state index in [1.165, 1.54) is 17.3 Å². The highest BCUT2D eigenvalue weighted by atomic mass is 32.2. The van der Waals surface area contributed by atoms with Gasteiger partial charge >= 0.3 is 0 Å². The predicted molar refractivity (Wildman–Crippen MR) is 128 cm³/mol. The first-order valence-electron chi connectivity index (χ1n) is 10.9. The zero-order valence-corrected chi connectivity index (χ0v) is 19.1. The van der Waals surface area contributed by atoms with Gasteiger partial charge in [-0.2, -0.15) is 4.52 Å². The molecule has 0 aliphatic carbocycles. The fourth-order valence-electron chi connectivity index (χ4n) is 4.08. The van der Waals surface area contributed by atoms with E-state index in [9.17, 15) is 9.59 Å². The van der Waals surface area contributed by atoms with Crippen LogP contribution in [0.4, 0.5) is 0 Å². The van der Waals surface area contributed by atoms with Crippen LogP contribution in [0.2, 0.25) is 0 Å². The summed E-state index contributed by atoms with van der Waals surface area (Å²) in [5, 5.41) is 6.26. The molecule has 1 saturated heterocycles. The number of nitrogens with zero attached hydrogens (tertiary/aromatic N) is 5. The Kier molecular flexibility index (Phi) is 5.72. The number of para-hydroxylation sites is 1. The Morgan fingerprint density at radius 1 is 1.06 bits per heavy atom. The third-order valence-corrected chi connectivity index (χ3v) is 6.95. The molecule has 2 N–H and O–H groups in total. The molecule has 5 rings (SSSR count). The summed E-state index contributed by atoms with van der Waals surface area (Å²) in [6.07, 6.45) is 1.24. The summed E-state index contributed by atoms with van der Waals surface area (Å²) in [7, 11) is 0. The van der Waals surface area contributed by atoms with Crippen molar-refractivity contribution in [2.24, 2.45) is 11.7 Å². The van der Waals surface area contributed by atoms with Gasteiger partial charge in [0.05, 0.1) is 11.3 Å². The van der Waals surface area contributed by atoms with Crippen molar-refractivity contribution in [3.63, 3.8) is 0 Å².